The Labute approximate surface area is 293 Å². The van der Waals surface area contributed by atoms with E-state index < -0.39 is 0 Å². The van der Waals surface area contributed by atoms with Crippen LogP contribution in [0.5, 0.6) is 0 Å². The van der Waals surface area contributed by atoms with Crippen LogP contribution in [0.2, 0.25) is 0 Å². The molecule has 0 atom stereocenters. The number of hydrogen-bond acceptors (Lipinski definition) is 5. The number of fused-ring (bicyclic) bond motifs is 7. The minimum atomic E-state index is 0.671. The van der Waals surface area contributed by atoms with Gasteiger partial charge < -0.3 is 4.42 Å². The second-order valence-corrected chi connectivity index (χ2v) is 12.6. The summed E-state index contributed by atoms with van der Waals surface area (Å²) in [4.78, 5) is 19.6. The van der Waals surface area contributed by atoms with Crippen molar-refractivity contribution in [3.63, 3.8) is 0 Å². The summed E-state index contributed by atoms with van der Waals surface area (Å²) >= 11 is 0. The van der Waals surface area contributed by atoms with Gasteiger partial charge in [0.2, 0.25) is 0 Å². The monoisotopic (exact) mass is 652 g/mol. The van der Waals surface area contributed by atoms with Gasteiger partial charge in [0.05, 0.1) is 28.3 Å². The molecule has 0 saturated heterocycles. The molecule has 10 aromatic rings. The standard InChI is InChI=1S/C46H28N4O/c1-2-10-33(11-3-1)46-49-40(28-41(50-46)39-15-8-9-27-47-39)31-21-17-29(18-22-31)30-19-23-32(24-20-30)44-37-26-25-35-34-12-5-7-16-42(34)51-45(35)43(37)36-13-4-6-14-38(36)48-44/h1-28H. The van der Waals surface area contributed by atoms with E-state index in [9.17, 15) is 0 Å². The lowest BCUT2D eigenvalue weighted by molar-refractivity contribution is 0.673. The Hall–Kier alpha value is -6.98. The van der Waals surface area contributed by atoms with Gasteiger partial charge in [-0.1, -0.05) is 127 Å². The number of pyridine rings is 2. The first-order chi connectivity index (χ1) is 25.3. The molecule has 4 aromatic heterocycles. The summed E-state index contributed by atoms with van der Waals surface area (Å²) in [6, 6.07) is 56.1. The number of hydrogen-bond donors (Lipinski definition) is 0. The molecule has 5 nitrogen and oxygen atoms in total. The van der Waals surface area contributed by atoms with E-state index in [1.807, 2.05) is 72.8 Å². The molecule has 238 valence electrons. The molecule has 6 aromatic carbocycles. The van der Waals surface area contributed by atoms with Crippen LogP contribution in [-0.4, -0.2) is 19.9 Å². The summed E-state index contributed by atoms with van der Waals surface area (Å²) in [5.74, 6) is 0.671. The predicted octanol–water partition coefficient (Wildman–Crippen LogP) is 11.8. The Morgan fingerprint density at radius 2 is 1.04 bits per heavy atom. The highest BCUT2D eigenvalue weighted by Crippen LogP contribution is 2.41. The molecule has 0 aliphatic heterocycles. The number of benzene rings is 6. The molecule has 0 radical (unpaired) electrons. The number of para-hydroxylation sites is 2. The van der Waals surface area contributed by atoms with E-state index in [1.165, 1.54) is 0 Å². The van der Waals surface area contributed by atoms with Gasteiger partial charge in [-0.05, 0) is 47.5 Å². The normalized spacial score (nSPS) is 11.5. The molecular weight excluding hydrogens is 625 g/mol. The van der Waals surface area contributed by atoms with Crippen molar-refractivity contribution in [3.8, 4) is 56.4 Å². The van der Waals surface area contributed by atoms with Gasteiger partial charge in [-0.3, -0.25) is 4.98 Å². The summed E-state index contributed by atoms with van der Waals surface area (Å²) < 4.78 is 6.50. The Balaban J connectivity index is 1.03. The van der Waals surface area contributed by atoms with Crippen LogP contribution in [0.1, 0.15) is 0 Å². The zero-order valence-corrected chi connectivity index (χ0v) is 27.4. The van der Waals surface area contributed by atoms with Crippen LogP contribution in [0.25, 0.3) is 100 Å². The maximum Gasteiger partial charge on any atom is 0.160 e. The third-order valence-electron chi connectivity index (χ3n) is 9.57. The molecule has 0 saturated carbocycles. The largest absolute Gasteiger partial charge is 0.455 e. The van der Waals surface area contributed by atoms with E-state index in [2.05, 4.69) is 96.0 Å². The highest BCUT2D eigenvalue weighted by molar-refractivity contribution is 6.24. The molecule has 0 fully saturated rings. The highest BCUT2D eigenvalue weighted by Gasteiger charge is 2.17. The van der Waals surface area contributed by atoms with Crippen molar-refractivity contribution in [1.82, 2.24) is 19.9 Å². The van der Waals surface area contributed by atoms with Crippen LogP contribution in [0, 0.1) is 0 Å². The quantitative estimate of drug-likeness (QED) is 0.173. The third-order valence-corrected chi connectivity index (χ3v) is 9.57. The van der Waals surface area contributed by atoms with E-state index in [1.54, 1.807) is 6.20 Å². The van der Waals surface area contributed by atoms with Gasteiger partial charge in [-0.15, -0.1) is 0 Å². The van der Waals surface area contributed by atoms with Crippen LogP contribution < -0.4 is 0 Å². The molecule has 0 spiro atoms. The molecule has 0 bridgehead atoms. The van der Waals surface area contributed by atoms with E-state index in [0.717, 1.165) is 94.2 Å². The summed E-state index contributed by atoms with van der Waals surface area (Å²) in [6.07, 6.45) is 1.79. The smallest absolute Gasteiger partial charge is 0.160 e. The Bertz CT molecular complexity index is 2820. The van der Waals surface area contributed by atoms with Gasteiger partial charge in [0, 0.05) is 49.8 Å². The van der Waals surface area contributed by atoms with E-state index >= 15 is 0 Å². The Morgan fingerprint density at radius 1 is 0.392 bits per heavy atom. The van der Waals surface area contributed by atoms with Crippen molar-refractivity contribution in [3.05, 3.63) is 170 Å². The lowest BCUT2D eigenvalue weighted by Crippen LogP contribution is -1.96. The fraction of sp³-hybridized carbons (Fsp3) is 0. The number of rotatable bonds is 5. The molecule has 4 heterocycles. The zero-order chi connectivity index (χ0) is 33.7. The highest BCUT2D eigenvalue weighted by atomic mass is 16.3. The van der Waals surface area contributed by atoms with Crippen LogP contribution in [0.15, 0.2) is 174 Å². The first-order valence-electron chi connectivity index (χ1n) is 17.0. The van der Waals surface area contributed by atoms with Crippen molar-refractivity contribution in [2.24, 2.45) is 0 Å². The second kappa shape index (κ2) is 11.9. The summed E-state index contributed by atoms with van der Waals surface area (Å²) in [7, 11) is 0. The van der Waals surface area contributed by atoms with E-state index in [0.29, 0.717) is 5.82 Å². The summed E-state index contributed by atoms with van der Waals surface area (Å²) in [6.45, 7) is 0. The molecule has 0 aliphatic rings. The Morgan fingerprint density at radius 3 is 1.82 bits per heavy atom. The van der Waals surface area contributed by atoms with Gasteiger partial charge in [-0.2, -0.15) is 0 Å². The van der Waals surface area contributed by atoms with Crippen molar-refractivity contribution in [2.75, 3.05) is 0 Å². The van der Waals surface area contributed by atoms with Crippen LogP contribution in [0.4, 0.5) is 0 Å². The second-order valence-electron chi connectivity index (χ2n) is 12.6. The van der Waals surface area contributed by atoms with Crippen molar-refractivity contribution in [1.29, 1.82) is 0 Å². The maximum atomic E-state index is 6.50. The molecule has 0 unspecified atom stereocenters. The molecule has 0 N–H and O–H groups in total. The van der Waals surface area contributed by atoms with Crippen LogP contribution >= 0.6 is 0 Å². The summed E-state index contributed by atoms with van der Waals surface area (Å²) in [5.41, 5.74) is 11.4. The molecular formula is C46H28N4O. The van der Waals surface area contributed by atoms with Gasteiger partial charge >= 0.3 is 0 Å². The topological polar surface area (TPSA) is 64.7 Å². The predicted molar refractivity (Wildman–Crippen MR) is 207 cm³/mol. The minimum Gasteiger partial charge on any atom is -0.455 e. The number of aromatic nitrogens is 4. The van der Waals surface area contributed by atoms with E-state index in [4.69, 9.17) is 19.4 Å². The van der Waals surface area contributed by atoms with Crippen LogP contribution in [0.3, 0.4) is 0 Å². The molecule has 51 heavy (non-hydrogen) atoms. The van der Waals surface area contributed by atoms with Crippen LogP contribution in [-0.2, 0) is 0 Å². The first kappa shape index (κ1) is 29.0. The third kappa shape index (κ3) is 5.03. The average molecular weight is 653 g/mol. The maximum absolute atomic E-state index is 6.50. The fourth-order valence-corrected chi connectivity index (χ4v) is 7.05. The molecule has 0 aliphatic carbocycles. The van der Waals surface area contributed by atoms with Crippen molar-refractivity contribution >= 4 is 43.6 Å². The first-order valence-corrected chi connectivity index (χ1v) is 17.0. The lowest BCUT2D eigenvalue weighted by Gasteiger charge is -2.12. The van der Waals surface area contributed by atoms with Crippen molar-refractivity contribution in [2.45, 2.75) is 0 Å². The van der Waals surface area contributed by atoms with Gasteiger partial charge in [0.25, 0.3) is 0 Å². The lowest BCUT2D eigenvalue weighted by atomic mass is 9.96. The number of nitrogens with zero attached hydrogens (tertiary/aromatic N) is 4. The van der Waals surface area contributed by atoms with E-state index in [-0.39, 0.29) is 0 Å². The van der Waals surface area contributed by atoms with Gasteiger partial charge in [0.1, 0.15) is 11.2 Å². The minimum absolute atomic E-state index is 0.671. The number of furan rings is 1. The molecule has 10 rings (SSSR count). The van der Waals surface area contributed by atoms with Gasteiger partial charge in [0.15, 0.2) is 5.82 Å². The fourth-order valence-electron chi connectivity index (χ4n) is 7.05. The van der Waals surface area contributed by atoms with Gasteiger partial charge in [-0.25, -0.2) is 15.0 Å². The zero-order valence-electron chi connectivity index (χ0n) is 27.4. The molecule has 0 amide bonds. The summed E-state index contributed by atoms with van der Waals surface area (Å²) in [5, 5.41) is 5.49. The molecule has 5 heteroatoms. The Kier molecular flexibility index (Phi) is 6.74. The average Bonchev–Trinajstić information content (AvgIpc) is 3.60. The SMILES string of the molecule is c1ccc(-c2nc(-c3ccc(-c4ccc(-c5nc6ccccc6c6c5ccc5c7ccccc7oc56)cc4)cc3)cc(-c3ccccn3)n2)cc1. The van der Waals surface area contributed by atoms with Crippen molar-refractivity contribution < 1.29 is 4.42 Å².